The fourth-order valence-electron chi connectivity index (χ4n) is 1.90. The monoisotopic (exact) mass is 334 g/mol. The van der Waals surface area contributed by atoms with Gasteiger partial charge in [-0.3, -0.25) is 0 Å². The molecule has 1 N–H and O–H groups in total. The van der Waals surface area contributed by atoms with E-state index in [2.05, 4.69) is 62.5 Å². The van der Waals surface area contributed by atoms with Gasteiger partial charge in [-0.25, -0.2) is 0 Å². The van der Waals surface area contributed by atoms with Crippen molar-refractivity contribution in [3.8, 4) is 5.75 Å². The van der Waals surface area contributed by atoms with E-state index in [1.807, 2.05) is 20.2 Å². The first kappa shape index (κ1) is 14.7. The van der Waals surface area contributed by atoms with Gasteiger partial charge in [-0.15, -0.1) is 0 Å². The van der Waals surface area contributed by atoms with Crippen LogP contribution >= 0.6 is 15.9 Å². The van der Waals surface area contributed by atoms with Gasteiger partial charge in [-0.2, -0.15) is 0 Å². The Hall–Kier alpha value is -1.68. The Labute approximate surface area is 128 Å². The summed E-state index contributed by atoms with van der Waals surface area (Å²) in [6.45, 7) is 0.782. The van der Waals surface area contributed by atoms with Gasteiger partial charge in [0.05, 0.1) is 11.6 Å². The molecule has 2 aromatic carbocycles. The lowest BCUT2D eigenvalue weighted by Gasteiger charge is -2.13. The lowest BCUT2D eigenvalue weighted by Crippen LogP contribution is -2.08. The van der Waals surface area contributed by atoms with E-state index in [1.165, 1.54) is 11.3 Å². The first-order valence-electron chi connectivity index (χ1n) is 6.44. The van der Waals surface area contributed by atoms with Crippen molar-refractivity contribution in [1.82, 2.24) is 0 Å². The fourth-order valence-corrected chi connectivity index (χ4v) is 2.49. The van der Waals surface area contributed by atoms with Gasteiger partial charge in [0.2, 0.25) is 0 Å². The first-order valence-corrected chi connectivity index (χ1v) is 7.23. The maximum atomic E-state index is 5.23. The summed E-state index contributed by atoms with van der Waals surface area (Å²) in [4.78, 5) is 2.09. The van der Waals surface area contributed by atoms with Crippen LogP contribution in [0.25, 0.3) is 0 Å². The predicted octanol–water partition coefficient (Wildman–Crippen LogP) is 4.14. The van der Waals surface area contributed by atoms with Crippen LogP contribution in [-0.4, -0.2) is 21.2 Å². The number of nitrogens with zero attached hydrogens (tertiary/aromatic N) is 1. The highest BCUT2D eigenvalue weighted by atomic mass is 79.9. The van der Waals surface area contributed by atoms with Gasteiger partial charge in [0.25, 0.3) is 0 Å². The minimum Gasteiger partial charge on any atom is -0.496 e. The molecule has 2 rings (SSSR count). The number of hydrogen-bond acceptors (Lipinski definition) is 3. The lowest BCUT2D eigenvalue weighted by molar-refractivity contribution is 0.412. The van der Waals surface area contributed by atoms with Crippen LogP contribution in [-0.2, 0) is 6.54 Å². The van der Waals surface area contributed by atoms with Crippen molar-refractivity contribution in [1.29, 1.82) is 0 Å². The van der Waals surface area contributed by atoms with Gasteiger partial charge in [0.1, 0.15) is 5.75 Å². The van der Waals surface area contributed by atoms with Crippen molar-refractivity contribution >= 4 is 27.3 Å². The molecule has 0 saturated heterocycles. The van der Waals surface area contributed by atoms with E-state index in [0.29, 0.717) is 0 Å². The molecule has 0 amide bonds. The van der Waals surface area contributed by atoms with Gasteiger partial charge < -0.3 is 15.0 Å². The van der Waals surface area contributed by atoms with Crippen LogP contribution in [0.15, 0.2) is 46.9 Å². The molecule has 0 aliphatic rings. The maximum Gasteiger partial charge on any atom is 0.133 e. The standard InChI is InChI=1S/C16H19BrN2O/c1-19(2)14-7-5-13(6-8-14)18-11-12-4-9-16(20-3)15(17)10-12/h4-10,18H,11H2,1-3H3. The quantitative estimate of drug-likeness (QED) is 0.889. The molecular weight excluding hydrogens is 316 g/mol. The second kappa shape index (κ2) is 6.66. The number of halogens is 1. The molecule has 2 aromatic rings. The molecule has 0 atom stereocenters. The first-order chi connectivity index (χ1) is 9.60. The van der Waals surface area contributed by atoms with Gasteiger partial charge in [0, 0.05) is 32.0 Å². The maximum absolute atomic E-state index is 5.23. The Morgan fingerprint density at radius 2 is 1.80 bits per heavy atom. The van der Waals surface area contributed by atoms with E-state index in [-0.39, 0.29) is 0 Å². The fraction of sp³-hybridized carbons (Fsp3) is 0.250. The summed E-state index contributed by atoms with van der Waals surface area (Å²) in [5, 5.41) is 3.41. The molecule has 0 spiro atoms. The molecule has 0 aliphatic carbocycles. The average molecular weight is 335 g/mol. The van der Waals surface area contributed by atoms with Crippen molar-refractivity contribution in [2.24, 2.45) is 0 Å². The molecule has 0 aliphatic heterocycles. The Morgan fingerprint density at radius 3 is 2.35 bits per heavy atom. The molecule has 0 heterocycles. The summed E-state index contributed by atoms with van der Waals surface area (Å²) in [6, 6.07) is 14.5. The zero-order chi connectivity index (χ0) is 14.5. The third-order valence-electron chi connectivity index (χ3n) is 3.10. The largest absolute Gasteiger partial charge is 0.496 e. The summed E-state index contributed by atoms with van der Waals surface area (Å²) in [6.07, 6.45) is 0. The molecule has 4 heteroatoms. The van der Waals surface area contributed by atoms with Gasteiger partial charge in [-0.1, -0.05) is 6.07 Å². The Balaban J connectivity index is 1.99. The van der Waals surface area contributed by atoms with E-state index < -0.39 is 0 Å². The predicted molar refractivity (Wildman–Crippen MR) is 88.8 cm³/mol. The van der Waals surface area contributed by atoms with E-state index in [9.17, 15) is 0 Å². The molecule has 3 nitrogen and oxygen atoms in total. The molecule has 0 fully saturated rings. The minimum atomic E-state index is 0.782. The summed E-state index contributed by atoms with van der Waals surface area (Å²) in [7, 11) is 5.75. The van der Waals surface area contributed by atoms with E-state index >= 15 is 0 Å². The van der Waals surface area contributed by atoms with Crippen LogP contribution in [0.4, 0.5) is 11.4 Å². The number of hydrogen-bond donors (Lipinski definition) is 1. The topological polar surface area (TPSA) is 24.5 Å². The van der Waals surface area contributed by atoms with Crippen LogP contribution < -0.4 is 15.0 Å². The summed E-state index contributed by atoms with van der Waals surface area (Å²) in [5.74, 6) is 0.851. The molecule has 20 heavy (non-hydrogen) atoms. The van der Waals surface area contributed by atoms with Crippen molar-refractivity contribution < 1.29 is 4.74 Å². The number of benzene rings is 2. The minimum absolute atomic E-state index is 0.782. The van der Waals surface area contributed by atoms with Crippen LogP contribution in [0.5, 0.6) is 5.75 Å². The van der Waals surface area contributed by atoms with Gasteiger partial charge in [-0.05, 0) is 57.9 Å². The van der Waals surface area contributed by atoms with Gasteiger partial charge in [0.15, 0.2) is 0 Å². The van der Waals surface area contributed by atoms with Crippen molar-refractivity contribution in [2.45, 2.75) is 6.54 Å². The number of anilines is 2. The molecular formula is C16H19BrN2O. The second-order valence-electron chi connectivity index (χ2n) is 4.76. The van der Waals surface area contributed by atoms with Crippen molar-refractivity contribution in [3.05, 3.63) is 52.5 Å². The third-order valence-corrected chi connectivity index (χ3v) is 3.72. The Morgan fingerprint density at radius 1 is 1.10 bits per heavy atom. The molecule has 106 valence electrons. The number of methoxy groups -OCH3 is 1. The Bertz CT molecular complexity index is 567. The highest BCUT2D eigenvalue weighted by Crippen LogP contribution is 2.26. The Kier molecular flexibility index (Phi) is 4.90. The van der Waals surface area contributed by atoms with Crippen LogP contribution in [0.1, 0.15) is 5.56 Å². The number of rotatable bonds is 5. The summed E-state index contributed by atoms with van der Waals surface area (Å²) >= 11 is 3.50. The van der Waals surface area contributed by atoms with E-state index in [4.69, 9.17) is 4.74 Å². The zero-order valence-electron chi connectivity index (χ0n) is 12.0. The highest BCUT2D eigenvalue weighted by Gasteiger charge is 2.01. The molecule has 0 radical (unpaired) electrons. The normalized spacial score (nSPS) is 10.2. The number of nitrogens with one attached hydrogen (secondary N) is 1. The number of ether oxygens (including phenoxy) is 1. The van der Waals surface area contributed by atoms with Crippen LogP contribution in [0.2, 0.25) is 0 Å². The van der Waals surface area contributed by atoms with Gasteiger partial charge >= 0.3 is 0 Å². The second-order valence-corrected chi connectivity index (χ2v) is 5.62. The molecule has 0 unspecified atom stereocenters. The van der Waals surface area contributed by atoms with E-state index in [0.717, 1.165) is 22.5 Å². The lowest BCUT2D eigenvalue weighted by atomic mass is 10.2. The SMILES string of the molecule is COc1ccc(CNc2ccc(N(C)C)cc2)cc1Br. The average Bonchev–Trinajstić information content (AvgIpc) is 2.45. The van der Waals surface area contributed by atoms with Crippen LogP contribution in [0.3, 0.4) is 0 Å². The zero-order valence-corrected chi connectivity index (χ0v) is 13.6. The summed E-state index contributed by atoms with van der Waals surface area (Å²) in [5.41, 5.74) is 3.51. The van der Waals surface area contributed by atoms with E-state index in [1.54, 1.807) is 7.11 Å². The summed E-state index contributed by atoms with van der Waals surface area (Å²) < 4.78 is 6.20. The smallest absolute Gasteiger partial charge is 0.133 e. The van der Waals surface area contributed by atoms with Crippen molar-refractivity contribution in [3.63, 3.8) is 0 Å². The molecule has 0 saturated carbocycles. The third kappa shape index (κ3) is 3.67. The van der Waals surface area contributed by atoms with Crippen molar-refractivity contribution in [2.75, 3.05) is 31.4 Å². The van der Waals surface area contributed by atoms with Crippen LogP contribution in [0, 0.1) is 0 Å². The molecule has 0 bridgehead atoms. The highest BCUT2D eigenvalue weighted by molar-refractivity contribution is 9.10. The molecule has 0 aromatic heterocycles.